The highest BCUT2D eigenvalue weighted by Crippen LogP contribution is 2.29. The Morgan fingerprint density at radius 3 is 2.80 bits per heavy atom. The van der Waals surface area contributed by atoms with Gasteiger partial charge >= 0.3 is 0 Å². The molecule has 108 valence electrons. The number of aromatic amines is 1. The Balaban J connectivity index is 2.28. The number of nitrogens with zero attached hydrogens (tertiary/aromatic N) is 1. The molecule has 0 saturated heterocycles. The molecule has 2 rings (SSSR count). The lowest BCUT2D eigenvalue weighted by Gasteiger charge is -2.07. The minimum atomic E-state index is -3.82. The number of hydrogen-bond donors (Lipinski definition) is 2. The van der Waals surface area contributed by atoms with Gasteiger partial charge in [-0.25, -0.2) is 8.42 Å². The van der Waals surface area contributed by atoms with E-state index in [2.05, 4.69) is 14.9 Å². The summed E-state index contributed by atoms with van der Waals surface area (Å²) in [6.07, 6.45) is 1.74. The van der Waals surface area contributed by atoms with Crippen LogP contribution in [0.4, 0.5) is 5.82 Å². The van der Waals surface area contributed by atoms with Crippen LogP contribution in [0.25, 0.3) is 0 Å². The lowest BCUT2D eigenvalue weighted by atomic mass is 10.2. The van der Waals surface area contributed by atoms with Crippen LogP contribution in [0.15, 0.2) is 29.2 Å². The molecule has 20 heavy (non-hydrogen) atoms. The SMILES string of the molecule is CCCc1cc(NS(=O)(=O)c2cccc(Cl)c2Cl)n[nH]1. The summed E-state index contributed by atoms with van der Waals surface area (Å²) in [7, 11) is -3.82. The maximum Gasteiger partial charge on any atom is 0.264 e. The highest BCUT2D eigenvalue weighted by Gasteiger charge is 2.20. The van der Waals surface area contributed by atoms with E-state index >= 15 is 0 Å². The van der Waals surface area contributed by atoms with Gasteiger partial charge in [-0.2, -0.15) is 5.10 Å². The van der Waals surface area contributed by atoms with Crippen molar-refractivity contribution in [3.05, 3.63) is 40.0 Å². The fourth-order valence-corrected chi connectivity index (χ4v) is 3.45. The van der Waals surface area contributed by atoms with E-state index in [-0.39, 0.29) is 20.8 Å². The van der Waals surface area contributed by atoms with Gasteiger partial charge in [0.05, 0.1) is 10.0 Å². The molecule has 2 aromatic rings. The first kappa shape index (κ1) is 15.2. The third-order valence-electron chi connectivity index (χ3n) is 2.59. The fraction of sp³-hybridized carbons (Fsp3) is 0.250. The van der Waals surface area contributed by atoms with Gasteiger partial charge in [0.25, 0.3) is 10.0 Å². The van der Waals surface area contributed by atoms with Gasteiger partial charge < -0.3 is 0 Å². The van der Waals surface area contributed by atoms with Gasteiger partial charge in [-0.15, -0.1) is 0 Å². The predicted octanol–water partition coefficient (Wildman–Crippen LogP) is 3.47. The summed E-state index contributed by atoms with van der Waals surface area (Å²) in [5.74, 6) is 0.226. The van der Waals surface area contributed by atoms with Gasteiger partial charge in [-0.1, -0.05) is 42.6 Å². The fourth-order valence-electron chi connectivity index (χ4n) is 1.70. The predicted molar refractivity (Wildman–Crippen MR) is 79.9 cm³/mol. The highest BCUT2D eigenvalue weighted by atomic mass is 35.5. The minimum absolute atomic E-state index is 0.00835. The molecule has 1 aromatic carbocycles. The summed E-state index contributed by atoms with van der Waals surface area (Å²) in [5, 5.41) is 6.85. The molecule has 8 heteroatoms. The molecular weight excluding hydrogens is 321 g/mol. The molecule has 0 radical (unpaired) electrons. The third-order valence-corrected chi connectivity index (χ3v) is 4.92. The summed E-state index contributed by atoms with van der Waals surface area (Å²) in [6.45, 7) is 2.02. The van der Waals surface area contributed by atoms with Crippen LogP contribution >= 0.6 is 23.2 Å². The zero-order valence-corrected chi connectivity index (χ0v) is 13.0. The number of anilines is 1. The molecule has 0 saturated carbocycles. The Labute approximate surface area is 127 Å². The zero-order valence-electron chi connectivity index (χ0n) is 10.7. The first-order chi connectivity index (χ1) is 9.44. The van der Waals surface area contributed by atoms with Gasteiger partial charge in [0.15, 0.2) is 5.82 Å². The number of aromatic nitrogens is 2. The van der Waals surface area contributed by atoms with Crippen LogP contribution in [0.3, 0.4) is 0 Å². The lowest BCUT2D eigenvalue weighted by molar-refractivity contribution is 0.601. The number of nitrogens with one attached hydrogen (secondary N) is 2. The maximum atomic E-state index is 12.2. The second-order valence-corrected chi connectivity index (χ2v) is 6.62. The first-order valence-electron chi connectivity index (χ1n) is 5.95. The standard InChI is InChI=1S/C12H13Cl2N3O2S/c1-2-4-8-7-11(16-15-8)17-20(18,19)10-6-3-5-9(13)12(10)14/h3,5-7H,2,4H2,1H3,(H2,15,16,17). The summed E-state index contributed by atoms with van der Waals surface area (Å²) in [6, 6.07) is 6.09. The Bertz CT molecular complexity index is 713. The van der Waals surface area contributed by atoms with Gasteiger partial charge in [0.2, 0.25) is 0 Å². The van der Waals surface area contributed by atoms with E-state index in [1.807, 2.05) is 6.92 Å². The summed E-state index contributed by atoms with van der Waals surface area (Å²) < 4.78 is 26.8. The number of aryl methyl sites for hydroxylation is 1. The van der Waals surface area contributed by atoms with E-state index in [9.17, 15) is 8.42 Å². The van der Waals surface area contributed by atoms with Crippen molar-refractivity contribution in [3.8, 4) is 0 Å². The first-order valence-corrected chi connectivity index (χ1v) is 8.19. The van der Waals surface area contributed by atoms with Crippen molar-refractivity contribution in [2.75, 3.05) is 4.72 Å². The van der Waals surface area contributed by atoms with Crippen molar-refractivity contribution < 1.29 is 8.42 Å². The second-order valence-electron chi connectivity index (χ2n) is 4.19. The van der Waals surface area contributed by atoms with Crippen molar-refractivity contribution in [1.82, 2.24) is 10.2 Å². The van der Waals surface area contributed by atoms with Crippen LogP contribution in [0.5, 0.6) is 0 Å². The molecular formula is C12H13Cl2N3O2S. The highest BCUT2D eigenvalue weighted by molar-refractivity contribution is 7.92. The number of H-pyrrole nitrogens is 1. The lowest BCUT2D eigenvalue weighted by Crippen LogP contribution is -2.13. The van der Waals surface area contributed by atoms with E-state index in [1.165, 1.54) is 18.2 Å². The number of halogens is 2. The Kier molecular flexibility index (Phi) is 4.57. The van der Waals surface area contributed by atoms with Crippen LogP contribution in [0.1, 0.15) is 19.0 Å². The summed E-state index contributed by atoms with van der Waals surface area (Å²) in [4.78, 5) is -0.0771. The molecule has 0 aliphatic carbocycles. The van der Waals surface area contributed by atoms with E-state index < -0.39 is 10.0 Å². The van der Waals surface area contributed by atoms with Gasteiger partial charge in [0, 0.05) is 11.8 Å². The second kappa shape index (κ2) is 6.03. The smallest absolute Gasteiger partial charge is 0.264 e. The van der Waals surface area contributed by atoms with Crippen molar-refractivity contribution in [1.29, 1.82) is 0 Å². The van der Waals surface area contributed by atoms with Crippen LogP contribution in [-0.2, 0) is 16.4 Å². The van der Waals surface area contributed by atoms with Crippen LogP contribution in [-0.4, -0.2) is 18.6 Å². The summed E-state index contributed by atoms with van der Waals surface area (Å²) >= 11 is 11.7. The number of rotatable bonds is 5. The van der Waals surface area contributed by atoms with Crippen LogP contribution in [0, 0.1) is 0 Å². The Hall–Kier alpha value is -1.24. The molecule has 0 aliphatic heterocycles. The monoisotopic (exact) mass is 333 g/mol. The van der Waals surface area contributed by atoms with E-state index in [0.29, 0.717) is 0 Å². The van der Waals surface area contributed by atoms with Crippen LogP contribution < -0.4 is 4.72 Å². The molecule has 0 bridgehead atoms. The summed E-state index contributed by atoms with van der Waals surface area (Å²) in [5.41, 5.74) is 0.863. The molecule has 0 spiro atoms. The number of benzene rings is 1. The number of hydrogen-bond acceptors (Lipinski definition) is 3. The van der Waals surface area contributed by atoms with Crippen molar-refractivity contribution in [2.45, 2.75) is 24.7 Å². The molecule has 2 N–H and O–H groups in total. The normalized spacial score (nSPS) is 11.6. The molecule has 1 aromatic heterocycles. The molecule has 0 unspecified atom stereocenters. The molecule has 0 atom stereocenters. The molecule has 0 aliphatic rings. The minimum Gasteiger partial charge on any atom is -0.280 e. The van der Waals surface area contributed by atoms with Gasteiger partial charge in [0.1, 0.15) is 4.90 Å². The Morgan fingerprint density at radius 1 is 1.35 bits per heavy atom. The van der Waals surface area contributed by atoms with Gasteiger partial charge in [-0.3, -0.25) is 9.82 Å². The third kappa shape index (κ3) is 3.26. The largest absolute Gasteiger partial charge is 0.280 e. The van der Waals surface area contributed by atoms with Crippen molar-refractivity contribution >= 4 is 39.0 Å². The molecule has 0 amide bonds. The zero-order chi connectivity index (χ0) is 14.8. The maximum absolute atomic E-state index is 12.2. The average Bonchev–Trinajstić information content (AvgIpc) is 2.79. The van der Waals surface area contributed by atoms with E-state index in [0.717, 1.165) is 18.5 Å². The van der Waals surface area contributed by atoms with E-state index in [1.54, 1.807) is 6.07 Å². The quantitative estimate of drug-likeness (QED) is 0.879. The van der Waals surface area contributed by atoms with Crippen molar-refractivity contribution in [3.63, 3.8) is 0 Å². The van der Waals surface area contributed by atoms with Crippen molar-refractivity contribution in [2.24, 2.45) is 0 Å². The topological polar surface area (TPSA) is 74.8 Å². The van der Waals surface area contributed by atoms with Crippen LogP contribution in [0.2, 0.25) is 10.0 Å². The number of sulfonamides is 1. The van der Waals surface area contributed by atoms with Gasteiger partial charge in [-0.05, 0) is 18.6 Å². The molecule has 1 heterocycles. The van der Waals surface area contributed by atoms with E-state index in [4.69, 9.17) is 23.2 Å². The average molecular weight is 334 g/mol. The molecule has 5 nitrogen and oxygen atoms in total. The molecule has 0 fully saturated rings. The Morgan fingerprint density at radius 2 is 2.10 bits per heavy atom.